The summed E-state index contributed by atoms with van der Waals surface area (Å²) >= 11 is 0. The van der Waals surface area contributed by atoms with Gasteiger partial charge in [0.05, 0.1) is 17.9 Å². The second kappa shape index (κ2) is 15.4. The molecule has 4 amide bonds. The molecule has 59 heavy (non-hydrogen) atoms. The van der Waals surface area contributed by atoms with Gasteiger partial charge in [-0.2, -0.15) is 13.2 Å². The fourth-order valence-corrected chi connectivity index (χ4v) is 9.70. The average Bonchev–Trinajstić information content (AvgIpc) is 3.94. The van der Waals surface area contributed by atoms with Crippen LogP contribution >= 0.6 is 0 Å². The van der Waals surface area contributed by atoms with Crippen LogP contribution in [0.5, 0.6) is 11.6 Å². The van der Waals surface area contributed by atoms with Crippen LogP contribution in [0.15, 0.2) is 36.5 Å². The Morgan fingerprint density at radius 3 is 2.58 bits per heavy atom. The Labute approximate surface area is 345 Å². The number of amides is 4. The smallest absolute Gasteiger partial charge is 0.427 e. The number of fused-ring (bicyclic) bond motifs is 5. The van der Waals surface area contributed by atoms with Crippen LogP contribution in [0.25, 0.3) is 10.8 Å². The fourth-order valence-electron chi connectivity index (χ4n) is 8.39. The van der Waals surface area contributed by atoms with Crippen molar-refractivity contribution in [3.05, 3.63) is 42.1 Å². The quantitative estimate of drug-likeness (QED) is 0.268. The molecule has 1 aromatic heterocycles. The molecule has 0 radical (unpaired) electrons. The molecule has 2 aromatic rings. The minimum absolute atomic E-state index is 0. The highest BCUT2D eigenvalue weighted by atomic mass is 32.2. The van der Waals surface area contributed by atoms with E-state index in [1.807, 2.05) is 25.1 Å². The molecule has 1 saturated heterocycles. The molecule has 1 aromatic carbocycles. The van der Waals surface area contributed by atoms with Crippen molar-refractivity contribution in [2.45, 2.75) is 133 Å². The molecule has 328 valence electrons. The van der Waals surface area contributed by atoms with E-state index in [0.29, 0.717) is 70.1 Å². The molecule has 0 unspecified atom stereocenters. The molecule has 2 saturated carbocycles. The first-order valence-corrected chi connectivity index (χ1v) is 21.8. The Hall–Kier alpha value is -4.61. The third kappa shape index (κ3) is 8.29. The molecule has 0 spiro atoms. The van der Waals surface area contributed by atoms with E-state index in [0.717, 1.165) is 17.4 Å². The normalized spacial score (nSPS) is 30.0. The van der Waals surface area contributed by atoms with Gasteiger partial charge in [-0.1, -0.05) is 38.5 Å². The first-order chi connectivity index (χ1) is 27.7. The molecule has 3 aliphatic heterocycles. The molecular weight excluding hydrogens is 796 g/mol. The van der Waals surface area contributed by atoms with Crippen LogP contribution in [-0.2, 0) is 35.6 Å². The Morgan fingerprint density at radius 1 is 1.14 bits per heavy atom. The lowest BCUT2D eigenvalue weighted by atomic mass is 9.85. The van der Waals surface area contributed by atoms with E-state index >= 15 is 0 Å². The number of alkyl halides is 3. The maximum atomic E-state index is 14.9. The first kappa shape index (κ1) is 42.5. The van der Waals surface area contributed by atoms with Crippen molar-refractivity contribution in [1.29, 1.82) is 0 Å². The van der Waals surface area contributed by atoms with Gasteiger partial charge in [0, 0.05) is 40.0 Å². The summed E-state index contributed by atoms with van der Waals surface area (Å²) in [5, 5.41) is 6.67. The predicted molar refractivity (Wildman–Crippen MR) is 215 cm³/mol. The molecule has 7 rings (SSSR count). The number of ether oxygens (including phenoxy) is 3. The van der Waals surface area contributed by atoms with Gasteiger partial charge in [0.15, 0.2) is 0 Å². The maximum absolute atomic E-state index is 14.9. The molecule has 0 bridgehead atoms. The van der Waals surface area contributed by atoms with Crippen LogP contribution in [-0.4, -0.2) is 95.5 Å². The molecular formula is C41H58F3N5O9S. The topological polar surface area (TPSA) is 182 Å². The molecule has 3 fully saturated rings. The molecule has 14 nitrogen and oxygen atoms in total. The van der Waals surface area contributed by atoms with Crippen LogP contribution in [0.4, 0.5) is 18.0 Å². The summed E-state index contributed by atoms with van der Waals surface area (Å²) in [7, 11) is -4.08. The predicted octanol–water partition coefficient (Wildman–Crippen LogP) is 5.97. The zero-order valence-electron chi connectivity index (χ0n) is 33.8. The monoisotopic (exact) mass is 853 g/mol. The highest BCUT2D eigenvalue weighted by molar-refractivity contribution is 7.91. The van der Waals surface area contributed by atoms with E-state index in [2.05, 4.69) is 20.3 Å². The number of carbonyl (C=O) groups excluding carboxylic acids is 4. The Morgan fingerprint density at radius 2 is 1.88 bits per heavy atom. The van der Waals surface area contributed by atoms with Crippen molar-refractivity contribution in [3.63, 3.8) is 0 Å². The minimum Gasteiger partial charge on any atom is -0.492 e. The van der Waals surface area contributed by atoms with Gasteiger partial charge in [0.2, 0.25) is 33.3 Å². The van der Waals surface area contributed by atoms with Crippen LogP contribution in [0.1, 0.15) is 95.8 Å². The van der Waals surface area contributed by atoms with Crippen LogP contribution < -0.4 is 24.8 Å². The van der Waals surface area contributed by atoms with Crippen molar-refractivity contribution in [2.75, 3.05) is 13.2 Å². The van der Waals surface area contributed by atoms with E-state index in [1.54, 1.807) is 32.2 Å². The molecule has 4 heterocycles. The number of rotatable bonds is 8. The third-order valence-corrected chi connectivity index (χ3v) is 14.9. The SMILES string of the molecule is CC[C@@H]1C[C@H](C)CC/C=C\[C@@H]2C[C@@]2(C(=O)NS(=O)(=O)C2(C)CC2)NC(=O)[C@@H]2C[C@@H](Oc3nccc4c5c(ccc34)CCO5)CN2C(=O)[C@H]1NC(=O)OC(C)(C)C(F)(F)F.[HH].[HH].[HH]. The van der Waals surface area contributed by atoms with E-state index in [9.17, 15) is 40.8 Å². The van der Waals surface area contributed by atoms with Crippen LogP contribution in [0.2, 0.25) is 0 Å². The molecule has 3 N–H and O–H groups in total. The zero-order chi connectivity index (χ0) is 42.7. The lowest BCUT2D eigenvalue weighted by Gasteiger charge is -2.35. The number of hydrogen-bond acceptors (Lipinski definition) is 10. The third-order valence-electron chi connectivity index (χ3n) is 12.7. The van der Waals surface area contributed by atoms with Crippen molar-refractivity contribution < 1.29 is 59.3 Å². The average molecular weight is 854 g/mol. The van der Waals surface area contributed by atoms with Crippen molar-refractivity contribution in [3.8, 4) is 11.6 Å². The Bertz CT molecular complexity index is 2180. The van der Waals surface area contributed by atoms with E-state index in [-0.39, 0.29) is 35.5 Å². The summed E-state index contributed by atoms with van der Waals surface area (Å²) in [4.78, 5) is 62.4. The second-order valence-electron chi connectivity index (χ2n) is 17.5. The van der Waals surface area contributed by atoms with Crippen LogP contribution in [0, 0.1) is 17.8 Å². The minimum atomic E-state index is -4.91. The maximum Gasteiger partial charge on any atom is 0.427 e. The highest BCUT2D eigenvalue weighted by Crippen LogP contribution is 2.48. The number of hydrogen-bond donors (Lipinski definition) is 3. The largest absolute Gasteiger partial charge is 0.492 e. The van der Waals surface area contributed by atoms with Gasteiger partial charge in [-0.25, -0.2) is 18.2 Å². The van der Waals surface area contributed by atoms with Crippen molar-refractivity contribution >= 4 is 44.6 Å². The summed E-state index contributed by atoms with van der Waals surface area (Å²) in [6, 6.07) is 2.86. The number of sulfonamides is 1. The van der Waals surface area contributed by atoms with E-state index < -0.39 is 85.9 Å². The van der Waals surface area contributed by atoms with Gasteiger partial charge in [0.25, 0.3) is 5.91 Å². The number of benzene rings is 1. The molecule has 7 atom stereocenters. The summed E-state index contributed by atoms with van der Waals surface area (Å²) in [6.07, 6.45) is 1.45. The number of aromatic nitrogens is 1. The van der Waals surface area contributed by atoms with Gasteiger partial charge in [0.1, 0.15) is 29.5 Å². The zero-order valence-corrected chi connectivity index (χ0v) is 34.6. The fraction of sp³-hybridized carbons (Fsp3) is 0.634. The number of carbonyl (C=O) groups is 4. The summed E-state index contributed by atoms with van der Waals surface area (Å²) in [5.74, 6) is -2.62. The number of nitrogens with zero attached hydrogens (tertiary/aromatic N) is 2. The summed E-state index contributed by atoms with van der Waals surface area (Å²) in [5.41, 5.74) is -3.49. The molecule has 5 aliphatic rings. The van der Waals surface area contributed by atoms with Crippen molar-refractivity contribution in [1.82, 2.24) is 25.2 Å². The number of alkyl carbamates (subject to hydrolysis) is 1. The van der Waals surface area contributed by atoms with Crippen molar-refractivity contribution in [2.24, 2.45) is 17.8 Å². The molecule has 18 heteroatoms. The number of pyridine rings is 1. The Balaban J connectivity index is 0.00000282. The van der Waals surface area contributed by atoms with Gasteiger partial charge >= 0.3 is 12.3 Å². The molecule has 2 aliphatic carbocycles. The second-order valence-corrected chi connectivity index (χ2v) is 19.7. The number of nitrogens with one attached hydrogen (secondary N) is 3. The highest BCUT2D eigenvalue weighted by Gasteiger charge is 2.63. The first-order valence-electron chi connectivity index (χ1n) is 20.3. The van der Waals surface area contributed by atoms with Gasteiger partial charge in [-0.3, -0.25) is 19.1 Å². The lowest BCUT2D eigenvalue weighted by molar-refractivity contribution is -0.244. The van der Waals surface area contributed by atoms with Gasteiger partial charge < -0.3 is 29.7 Å². The van der Waals surface area contributed by atoms with Gasteiger partial charge in [-0.05, 0) is 88.8 Å². The Kier molecular flexibility index (Phi) is 11.1. The number of allylic oxidation sites excluding steroid dienone is 1. The van der Waals surface area contributed by atoms with Gasteiger partial charge in [-0.15, -0.1) is 0 Å². The lowest BCUT2D eigenvalue weighted by Crippen LogP contribution is -2.60. The van der Waals surface area contributed by atoms with Crippen LogP contribution in [0.3, 0.4) is 0 Å². The summed E-state index contributed by atoms with van der Waals surface area (Å²) in [6.45, 7) is 7.05. The number of halogens is 3. The van der Waals surface area contributed by atoms with E-state index in [1.165, 1.54) is 4.90 Å². The van der Waals surface area contributed by atoms with E-state index in [4.69, 9.17) is 14.2 Å². The summed E-state index contributed by atoms with van der Waals surface area (Å²) < 4.78 is 86.2. The standard InChI is InChI=1S/C41H52F3N5O9S.3H2/c1-6-24-19-23(2)9-7-8-10-26-21-40(26,36(52)48-59(54,55)39(5)15-16-39)47-33(50)30-20-27(57-34-29-12-11-25-14-18-56-32(25)28(29)13-17-45-34)22-49(30)35(51)31(24)46-37(53)58-38(3,4)41(42,43)44;;;/h8,10-13,17,23-24,26-27,30-31H,6-7,9,14-16,18-22H2,1-5H3,(H,46,53)(H,47,50)(H,48,52);3*1H/b10-8-;;;/t23-,24-,26-,27-,30+,31+,40-;;;/m1.../s1.